The van der Waals surface area contributed by atoms with E-state index < -0.39 is 4.92 Å². The topological polar surface area (TPSA) is 75.8 Å². The van der Waals surface area contributed by atoms with E-state index in [-0.39, 0.29) is 17.8 Å². The van der Waals surface area contributed by atoms with Crippen LogP contribution in [0.5, 0.6) is 0 Å². The largest absolute Gasteiger partial charge is 0.269 e. The molecule has 2 bridgehead atoms. The standard InChI is InChI=1S/C14H9N3O3/c18-15-16-13-9-3-1-2-4-10(9)14(16)12-7-8(17(19)20)5-6-11(12)13/h1-7,13-14H. The van der Waals surface area contributed by atoms with E-state index in [1.165, 1.54) is 11.1 Å². The van der Waals surface area contributed by atoms with Crippen LogP contribution in [0.3, 0.4) is 0 Å². The molecule has 6 nitrogen and oxygen atoms in total. The zero-order valence-electron chi connectivity index (χ0n) is 10.3. The maximum Gasteiger partial charge on any atom is 0.269 e. The quantitative estimate of drug-likeness (QED) is 0.476. The SMILES string of the molecule is O=NN1C2c3ccccc3C1c1cc([N+](=O)[O-])ccc12. The predicted molar refractivity (Wildman–Crippen MR) is 70.9 cm³/mol. The summed E-state index contributed by atoms with van der Waals surface area (Å²) in [5.74, 6) is 0. The molecule has 98 valence electrons. The second-order valence-electron chi connectivity index (χ2n) is 4.97. The fourth-order valence-electron chi connectivity index (χ4n) is 3.32. The minimum absolute atomic E-state index is 0.0413. The molecule has 2 aliphatic rings. The van der Waals surface area contributed by atoms with Gasteiger partial charge in [0.1, 0.15) is 12.1 Å². The third kappa shape index (κ3) is 1.18. The van der Waals surface area contributed by atoms with Gasteiger partial charge >= 0.3 is 0 Å². The number of hydrogen-bond donors (Lipinski definition) is 0. The molecule has 2 aromatic carbocycles. The van der Waals surface area contributed by atoms with Crippen molar-refractivity contribution >= 4 is 5.69 Å². The Hall–Kier alpha value is -2.76. The number of fused-ring (bicyclic) bond motifs is 8. The summed E-state index contributed by atoms with van der Waals surface area (Å²) in [5.41, 5.74) is 3.84. The Bertz CT molecular complexity index is 759. The van der Waals surface area contributed by atoms with Crippen LogP contribution in [0.2, 0.25) is 0 Å². The third-order valence-corrected chi connectivity index (χ3v) is 4.08. The van der Waals surface area contributed by atoms with Crippen molar-refractivity contribution in [3.63, 3.8) is 0 Å². The second-order valence-corrected chi connectivity index (χ2v) is 4.97. The van der Waals surface area contributed by atoms with Crippen LogP contribution >= 0.6 is 0 Å². The lowest BCUT2D eigenvalue weighted by Crippen LogP contribution is -2.12. The van der Waals surface area contributed by atoms with Gasteiger partial charge in [-0.05, 0) is 28.3 Å². The first-order valence-corrected chi connectivity index (χ1v) is 6.21. The summed E-state index contributed by atoms with van der Waals surface area (Å²) in [5, 5.41) is 15.5. The Labute approximate surface area is 113 Å². The lowest BCUT2D eigenvalue weighted by atomic mass is 9.86. The van der Waals surface area contributed by atoms with Gasteiger partial charge in [-0.3, -0.25) is 10.1 Å². The minimum atomic E-state index is -0.420. The molecular weight excluding hydrogens is 258 g/mol. The van der Waals surface area contributed by atoms with E-state index in [4.69, 9.17) is 0 Å². The number of hydrogen-bond acceptors (Lipinski definition) is 4. The van der Waals surface area contributed by atoms with Gasteiger partial charge in [0.05, 0.1) is 10.2 Å². The summed E-state index contributed by atoms with van der Waals surface area (Å²) in [4.78, 5) is 21.7. The molecule has 2 aromatic rings. The molecule has 2 heterocycles. The van der Waals surface area contributed by atoms with Crippen molar-refractivity contribution in [3.05, 3.63) is 79.7 Å². The number of nitrogens with zero attached hydrogens (tertiary/aromatic N) is 3. The molecule has 2 unspecified atom stereocenters. The molecule has 0 N–H and O–H groups in total. The van der Waals surface area contributed by atoms with Crippen molar-refractivity contribution in [1.29, 1.82) is 0 Å². The van der Waals surface area contributed by atoms with E-state index in [9.17, 15) is 15.0 Å². The van der Waals surface area contributed by atoms with Gasteiger partial charge in [-0.2, -0.15) is 0 Å². The van der Waals surface area contributed by atoms with Crippen molar-refractivity contribution in [1.82, 2.24) is 5.01 Å². The third-order valence-electron chi connectivity index (χ3n) is 4.08. The van der Waals surface area contributed by atoms with Crippen LogP contribution in [0.1, 0.15) is 34.3 Å². The zero-order valence-corrected chi connectivity index (χ0v) is 10.3. The van der Waals surface area contributed by atoms with Crippen molar-refractivity contribution in [2.45, 2.75) is 12.1 Å². The smallest absolute Gasteiger partial charge is 0.258 e. The average Bonchev–Trinajstić information content (AvgIpc) is 2.97. The maximum atomic E-state index is 11.2. The van der Waals surface area contributed by atoms with E-state index >= 15 is 0 Å². The Morgan fingerprint density at radius 2 is 1.60 bits per heavy atom. The van der Waals surface area contributed by atoms with E-state index in [2.05, 4.69) is 5.29 Å². The molecule has 4 rings (SSSR count). The number of nitro benzene ring substituents is 1. The van der Waals surface area contributed by atoms with Gasteiger partial charge in [0.15, 0.2) is 0 Å². The van der Waals surface area contributed by atoms with Gasteiger partial charge in [-0.15, -0.1) is 4.91 Å². The highest BCUT2D eigenvalue weighted by atomic mass is 16.6. The molecular formula is C14H9N3O3. The lowest BCUT2D eigenvalue weighted by molar-refractivity contribution is -0.384. The number of nitro groups is 1. The van der Waals surface area contributed by atoms with Crippen molar-refractivity contribution in [2.24, 2.45) is 5.29 Å². The molecule has 0 radical (unpaired) electrons. The van der Waals surface area contributed by atoms with Crippen LogP contribution in [-0.4, -0.2) is 9.93 Å². The van der Waals surface area contributed by atoms with Crippen LogP contribution in [0, 0.1) is 15.0 Å². The summed E-state index contributed by atoms with van der Waals surface area (Å²) in [6.45, 7) is 0. The fraction of sp³-hybridized carbons (Fsp3) is 0.143. The van der Waals surface area contributed by atoms with Gasteiger partial charge in [0, 0.05) is 12.1 Å². The van der Waals surface area contributed by atoms with Gasteiger partial charge in [-0.25, -0.2) is 5.01 Å². The average molecular weight is 267 g/mol. The van der Waals surface area contributed by atoms with Crippen molar-refractivity contribution in [3.8, 4) is 0 Å². The first kappa shape index (κ1) is 11.1. The van der Waals surface area contributed by atoms with Gasteiger partial charge in [0.25, 0.3) is 5.69 Å². The maximum absolute atomic E-state index is 11.2. The Morgan fingerprint density at radius 3 is 2.20 bits per heavy atom. The van der Waals surface area contributed by atoms with Crippen molar-refractivity contribution < 1.29 is 4.92 Å². The molecule has 0 amide bonds. The lowest BCUT2D eigenvalue weighted by Gasteiger charge is -2.15. The molecule has 0 fully saturated rings. The fourth-order valence-corrected chi connectivity index (χ4v) is 3.32. The molecule has 0 spiro atoms. The van der Waals surface area contributed by atoms with Crippen LogP contribution in [0.15, 0.2) is 47.8 Å². The molecule has 0 saturated heterocycles. The number of nitroso groups, excluding NO2 is 1. The number of benzene rings is 2. The van der Waals surface area contributed by atoms with Crippen LogP contribution < -0.4 is 0 Å². The van der Waals surface area contributed by atoms with Crippen LogP contribution in [-0.2, 0) is 0 Å². The molecule has 20 heavy (non-hydrogen) atoms. The first-order chi connectivity index (χ1) is 9.72. The van der Waals surface area contributed by atoms with Crippen molar-refractivity contribution in [2.75, 3.05) is 0 Å². The van der Waals surface area contributed by atoms with Crippen LogP contribution in [0.4, 0.5) is 5.69 Å². The summed E-state index contributed by atoms with van der Waals surface area (Å²) >= 11 is 0. The highest BCUT2D eigenvalue weighted by Crippen LogP contribution is 2.56. The Kier molecular flexibility index (Phi) is 2.01. The number of non-ortho nitro benzene ring substituents is 1. The summed E-state index contributed by atoms with van der Waals surface area (Å²) in [7, 11) is 0. The number of rotatable bonds is 2. The normalized spacial score (nSPS) is 21.5. The van der Waals surface area contributed by atoms with Gasteiger partial charge < -0.3 is 0 Å². The van der Waals surface area contributed by atoms with E-state index in [1.54, 1.807) is 12.1 Å². The summed E-state index contributed by atoms with van der Waals surface area (Å²) in [6, 6.07) is 12.0. The molecule has 0 saturated carbocycles. The second kappa shape index (κ2) is 3.63. The monoisotopic (exact) mass is 267 g/mol. The Balaban J connectivity index is 1.96. The molecule has 2 atom stereocenters. The first-order valence-electron chi connectivity index (χ1n) is 6.21. The van der Waals surface area contributed by atoms with E-state index in [0.717, 1.165) is 22.3 Å². The molecule has 0 aliphatic carbocycles. The minimum Gasteiger partial charge on any atom is -0.258 e. The zero-order chi connectivity index (χ0) is 13.9. The van der Waals surface area contributed by atoms with E-state index in [0.29, 0.717) is 0 Å². The summed E-state index contributed by atoms with van der Waals surface area (Å²) < 4.78 is 0. The molecule has 0 aromatic heterocycles. The van der Waals surface area contributed by atoms with E-state index in [1.807, 2.05) is 24.3 Å². The van der Waals surface area contributed by atoms with Crippen LogP contribution in [0.25, 0.3) is 0 Å². The predicted octanol–water partition coefficient (Wildman–Crippen LogP) is 3.08. The molecule has 2 aliphatic heterocycles. The Morgan fingerprint density at radius 1 is 1.00 bits per heavy atom. The van der Waals surface area contributed by atoms with Gasteiger partial charge in [0.2, 0.25) is 0 Å². The highest BCUT2D eigenvalue weighted by Gasteiger charge is 2.48. The van der Waals surface area contributed by atoms with Gasteiger partial charge in [-0.1, -0.05) is 24.3 Å². The highest BCUT2D eigenvalue weighted by molar-refractivity contribution is 5.59. The summed E-state index contributed by atoms with van der Waals surface area (Å²) in [6.07, 6.45) is 0. The molecule has 6 heteroatoms.